The molecule has 1 rings (SSSR count). The van der Waals surface area contributed by atoms with Crippen molar-refractivity contribution in [3.63, 3.8) is 0 Å². The highest BCUT2D eigenvalue weighted by Gasteiger charge is 2.08. The molecule has 120 valence electrons. The van der Waals surface area contributed by atoms with Crippen molar-refractivity contribution in [2.24, 2.45) is 5.92 Å². The Kier molecular flexibility index (Phi) is 8.87. The minimum absolute atomic E-state index is 0.262. The van der Waals surface area contributed by atoms with Gasteiger partial charge in [-0.05, 0) is 42.9 Å². The minimum Gasteiger partial charge on any atom is -0.493 e. The van der Waals surface area contributed by atoms with E-state index in [1.54, 1.807) is 14.2 Å². The SMILES string of the molecule is COCCCOc1cc(CCC(C)CCO)ccc1OC. The summed E-state index contributed by atoms with van der Waals surface area (Å²) < 4.78 is 16.1. The highest BCUT2D eigenvalue weighted by molar-refractivity contribution is 5.43. The van der Waals surface area contributed by atoms with Crippen LogP contribution in [0.25, 0.3) is 0 Å². The summed E-state index contributed by atoms with van der Waals surface area (Å²) in [5, 5.41) is 8.94. The van der Waals surface area contributed by atoms with Gasteiger partial charge >= 0.3 is 0 Å². The highest BCUT2D eigenvalue weighted by Crippen LogP contribution is 2.29. The largest absolute Gasteiger partial charge is 0.493 e. The summed E-state index contributed by atoms with van der Waals surface area (Å²) in [6.07, 6.45) is 3.77. The number of methoxy groups -OCH3 is 2. The van der Waals surface area contributed by atoms with E-state index < -0.39 is 0 Å². The summed E-state index contributed by atoms with van der Waals surface area (Å²) in [5.74, 6) is 2.09. The maximum Gasteiger partial charge on any atom is 0.161 e. The molecule has 0 heterocycles. The van der Waals surface area contributed by atoms with Crippen molar-refractivity contribution in [1.82, 2.24) is 0 Å². The predicted molar refractivity (Wildman–Crippen MR) is 84.2 cm³/mol. The molecule has 1 unspecified atom stereocenters. The third-order valence-electron chi connectivity index (χ3n) is 3.53. The third-order valence-corrected chi connectivity index (χ3v) is 3.53. The van der Waals surface area contributed by atoms with Gasteiger partial charge in [-0.3, -0.25) is 0 Å². The van der Waals surface area contributed by atoms with E-state index in [-0.39, 0.29) is 6.61 Å². The third kappa shape index (κ3) is 6.82. The molecule has 0 radical (unpaired) electrons. The molecule has 0 bridgehead atoms. The lowest BCUT2D eigenvalue weighted by atomic mass is 9.98. The van der Waals surface area contributed by atoms with Gasteiger partial charge in [0.2, 0.25) is 0 Å². The molecule has 21 heavy (non-hydrogen) atoms. The minimum atomic E-state index is 0.262. The van der Waals surface area contributed by atoms with E-state index in [1.165, 1.54) is 5.56 Å². The number of hydrogen-bond donors (Lipinski definition) is 1. The van der Waals surface area contributed by atoms with Crippen molar-refractivity contribution < 1.29 is 19.3 Å². The number of ether oxygens (including phenoxy) is 3. The van der Waals surface area contributed by atoms with Crippen LogP contribution in [0.2, 0.25) is 0 Å². The van der Waals surface area contributed by atoms with Gasteiger partial charge in [0.05, 0.1) is 13.7 Å². The summed E-state index contributed by atoms with van der Waals surface area (Å²) in [6.45, 7) is 3.74. The average Bonchev–Trinajstić information content (AvgIpc) is 2.50. The smallest absolute Gasteiger partial charge is 0.161 e. The number of aliphatic hydroxyl groups excluding tert-OH is 1. The normalized spacial score (nSPS) is 12.2. The van der Waals surface area contributed by atoms with Gasteiger partial charge < -0.3 is 19.3 Å². The Morgan fingerprint density at radius 1 is 1.10 bits per heavy atom. The lowest BCUT2D eigenvalue weighted by Gasteiger charge is -2.13. The van der Waals surface area contributed by atoms with E-state index >= 15 is 0 Å². The monoisotopic (exact) mass is 296 g/mol. The molecular weight excluding hydrogens is 268 g/mol. The van der Waals surface area contributed by atoms with Crippen molar-refractivity contribution in [1.29, 1.82) is 0 Å². The molecule has 0 saturated heterocycles. The van der Waals surface area contributed by atoms with Crippen molar-refractivity contribution >= 4 is 0 Å². The van der Waals surface area contributed by atoms with E-state index in [4.69, 9.17) is 19.3 Å². The fraction of sp³-hybridized carbons (Fsp3) is 0.647. The maximum atomic E-state index is 8.94. The van der Waals surface area contributed by atoms with Crippen LogP contribution in [0.1, 0.15) is 31.7 Å². The molecule has 4 nitrogen and oxygen atoms in total. The van der Waals surface area contributed by atoms with Crippen LogP contribution in [-0.4, -0.2) is 39.1 Å². The molecule has 0 aliphatic carbocycles. The van der Waals surface area contributed by atoms with Crippen LogP contribution in [0.3, 0.4) is 0 Å². The molecule has 0 fully saturated rings. The van der Waals surface area contributed by atoms with Crippen molar-refractivity contribution in [3.05, 3.63) is 23.8 Å². The number of aryl methyl sites for hydroxylation is 1. The molecule has 0 aromatic heterocycles. The Morgan fingerprint density at radius 2 is 1.90 bits per heavy atom. The number of hydrogen-bond acceptors (Lipinski definition) is 4. The fourth-order valence-electron chi connectivity index (χ4n) is 2.15. The Labute approximate surface area is 128 Å². The summed E-state index contributed by atoms with van der Waals surface area (Å²) in [4.78, 5) is 0. The van der Waals surface area contributed by atoms with Crippen molar-refractivity contribution in [2.75, 3.05) is 34.0 Å². The van der Waals surface area contributed by atoms with E-state index in [0.29, 0.717) is 19.1 Å². The second-order valence-corrected chi connectivity index (χ2v) is 5.34. The van der Waals surface area contributed by atoms with Crippen LogP contribution in [0, 0.1) is 5.92 Å². The molecule has 4 heteroatoms. The highest BCUT2D eigenvalue weighted by atomic mass is 16.5. The molecule has 1 atom stereocenters. The standard InChI is InChI=1S/C17H28O4/c1-14(9-10-18)5-6-15-7-8-16(20-3)17(13-15)21-12-4-11-19-2/h7-8,13-14,18H,4-6,9-12H2,1-3H3. The van der Waals surface area contributed by atoms with Crippen LogP contribution >= 0.6 is 0 Å². The zero-order chi connectivity index (χ0) is 15.5. The van der Waals surface area contributed by atoms with Crippen molar-refractivity contribution in [3.8, 4) is 11.5 Å². The Morgan fingerprint density at radius 3 is 2.57 bits per heavy atom. The molecule has 0 saturated carbocycles. The number of benzene rings is 1. The summed E-state index contributed by atoms with van der Waals surface area (Å²) in [7, 11) is 3.34. The summed E-state index contributed by atoms with van der Waals surface area (Å²) in [5.41, 5.74) is 1.24. The average molecular weight is 296 g/mol. The van der Waals surface area contributed by atoms with Crippen LogP contribution in [0.4, 0.5) is 0 Å². The maximum absolute atomic E-state index is 8.94. The number of rotatable bonds is 11. The van der Waals surface area contributed by atoms with Gasteiger partial charge in [0.1, 0.15) is 0 Å². The van der Waals surface area contributed by atoms with Crippen LogP contribution in [-0.2, 0) is 11.2 Å². The quantitative estimate of drug-likeness (QED) is 0.638. The zero-order valence-corrected chi connectivity index (χ0v) is 13.4. The summed E-state index contributed by atoms with van der Waals surface area (Å²) >= 11 is 0. The van der Waals surface area contributed by atoms with Gasteiger partial charge in [0, 0.05) is 26.7 Å². The zero-order valence-electron chi connectivity index (χ0n) is 13.4. The first kappa shape index (κ1) is 17.8. The van der Waals surface area contributed by atoms with E-state index in [2.05, 4.69) is 19.1 Å². The van der Waals surface area contributed by atoms with Crippen molar-refractivity contribution in [2.45, 2.75) is 32.6 Å². The topological polar surface area (TPSA) is 47.9 Å². The van der Waals surface area contributed by atoms with E-state index in [9.17, 15) is 0 Å². The van der Waals surface area contributed by atoms with Gasteiger partial charge in [-0.1, -0.05) is 13.0 Å². The first-order valence-corrected chi connectivity index (χ1v) is 7.60. The molecule has 0 spiro atoms. The Bertz CT molecular complexity index is 392. The lowest BCUT2D eigenvalue weighted by molar-refractivity contribution is 0.170. The van der Waals surface area contributed by atoms with Gasteiger partial charge in [0.15, 0.2) is 11.5 Å². The second kappa shape index (κ2) is 10.5. The Hall–Kier alpha value is -1.26. The molecule has 1 N–H and O–H groups in total. The van der Waals surface area contributed by atoms with Crippen LogP contribution in [0.15, 0.2) is 18.2 Å². The predicted octanol–water partition coefficient (Wildman–Crippen LogP) is 3.06. The molecule has 0 aliphatic rings. The van der Waals surface area contributed by atoms with Gasteiger partial charge in [-0.15, -0.1) is 0 Å². The van der Waals surface area contributed by atoms with E-state index in [0.717, 1.165) is 37.2 Å². The number of aliphatic hydroxyl groups is 1. The van der Waals surface area contributed by atoms with Crippen LogP contribution in [0.5, 0.6) is 11.5 Å². The van der Waals surface area contributed by atoms with Gasteiger partial charge in [0.25, 0.3) is 0 Å². The second-order valence-electron chi connectivity index (χ2n) is 5.34. The lowest BCUT2D eigenvalue weighted by Crippen LogP contribution is -2.04. The van der Waals surface area contributed by atoms with Crippen LogP contribution < -0.4 is 9.47 Å². The Balaban J connectivity index is 2.57. The molecule has 1 aromatic rings. The summed E-state index contributed by atoms with van der Waals surface area (Å²) in [6, 6.07) is 6.08. The first-order chi connectivity index (χ1) is 10.2. The molecular formula is C17H28O4. The van der Waals surface area contributed by atoms with E-state index in [1.807, 2.05) is 6.07 Å². The fourth-order valence-corrected chi connectivity index (χ4v) is 2.15. The van der Waals surface area contributed by atoms with Gasteiger partial charge in [-0.25, -0.2) is 0 Å². The van der Waals surface area contributed by atoms with Gasteiger partial charge in [-0.2, -0.15) is 0 Å². The molecule has 0 aliphatic heterocycles. The molecule has 1 aromatic carbocycles. The first-order valence-electron chi connectivity index (χ1n) is 7.60. The molecule has 0 amide bonds.